The summed E-state index contributed by atoms with van der Waals surface area (Å²) in [6.45, 7) is 4.36. The van der Waals surface area contributed by atoms with Gasteiger partial charge in [0.2, 0.25) is 0 Å². The summed E-state index contributed by atoms with van der Waals surface area (Å²) in [5.41, 5.74) is 8.88. The Morgan fingerprint density at radius 3 is 1.90 bits per heavy atom. The molecule has 0 spiro atoms. The Bertz CT molecular complexity index is 1850. The van der Waals surface area contributed by atoms with Crippen molar-refractivity contribution >= 4 is 44.9 Å². The van der Waals surface area contributed by atoms with Crippen LogP contribution in [-0.4, -0.2) is 85.5 Å². The van der Waals surface area contributed by atoms with Crippen molar-refractivity contribution in [1.82, 2.24) is 40.2 Å². The van der Waals surface area contributed by atoms with Crippen LogP contribution in [0.15, 0.2) is 83.4 Å². The number of anilines is 2. The number of aromatic amines is 2. The summed E-state index contributed by atoms with van der Waals surface area (Å²) in [7, 11) is 2.27. The summed E-state index contributed by atoms with van der Waals surface area (Å²) in [6.07, 6.45) is 12.6. The van der Waals surface area contributed by atoms with Crippen molar-refractivity contribution in [3.05, 3.63) is 73.6 Å². The Hall–Kier alpha value is -4.25. The van der Waals surface area contributed by atoms with E-state index in [2.05, 4.69) is 88.5 Å². The van der Waals surface area contributed by atoms with Gasteiger partial charge in [0.15, 0.2) is 0 Å². The third-order valence-corrected chi connectivity index (χ3v) is 10.4. The SMILES string of the molecule is CN1C[C@H]2C[C@@H]1CN2CCN1c2ccc(-c3cncc4[nH]ncc34)cc2Sc2cc(-c3cncc4[nH]ncc34)ccc21. The van der Waals surface area contributed by atoms with Gasteiger partial charge in [-0.2, -0.15) is 10.2 Å². The van der Waals surface area contributed by atoms with Gasteiger partial charge in [-0.25, -0.2) is 0 Å². The van der Waals surface area contributed by atoms with Crippen LogP contribution >= 0.6 is 11.8 Å². The molecule has 9 nitrogen and oxygen atoms in total. The minimum absolute atomic E-state index is 0.675. The molecule has 0 amide bonds. The number of piperazine rings is 1. The molecule has 2 N–H and O–H groups in total. The molecule has 0 radical (unpaired) electrons. The third kappa shape index (κ3) is 3.79. The Morgan fingerprint density at radius 1 is 0.738 bits per heavy atom. The number of nitrogens with one attached hydrogen (secondary N) is 2. The second kappa shape index (κ2) is 9.38. The van der Waals surface area contributed by atoms with Crippen molar-refractivity contribution in [3.63, 3.8) is 0 Å². The number of hydrogen-bond donors (Lipinski definition) is 2. The zero-order valence-corrected chi connectivity index (χ0v) is 24.0. The fourth-order valence-electron chi connectivity index (χ4n) is 7.10. The molecular weight excluding hydrogens is 542 g/mol. The van der Waals surface area contributed by atoms with Crippen molar-refractivity contribution in [2.75, 3.05) is 38.1 Å². The lowest BCUT2D eigenvalue weighted by atomic mass is 10.0. The number of H-pyrrole nitrogens is 2. The molecule has 0 unspecified atom stereocenters. The van der Waals surface area contributed by atoms with Crippen LogP contribution in [-0.2, 0) is 0 Å². The van der Waals surface area contributed by atoms with Gasteiger partial charge in [0.25, 0.3) is 0 Å². The molecule has 6 aromatic rings. The van der Waals surface area contributed by atoms with Gasteiger partial charge < -0.3 is 9.80 Å². The summed E-state index contributed by atoms with van der Waals surface area (Å²) < 4.78 is 0. The van der Waals surface area contributed by atoms with Crippen LogP contribution in [0.3, 0.4) is 0 Å². The molecule has 3 aliphatic heterocycles. The number of nitrogens with zero attached hydrogens (tertiary/aromatic N) is 7. The number of pyridine rings is 2. The Kier molecular flexibility index (Phi) is 5.44. The molecule has 4 aromatic heterocycles. The van der Waals surface area contributed by atoms with Crippen LogP contribution < -0.4 is 4.90 Å². The monoisotopic (exact) mass is 571 g/mol. The lowest BCUT2D eigenvalue weighted by molar-refractivity contribution is 0.153. The molecule has 3 aliphatic rings. The normalized spacial score (nSPS) is 20.1. The number of likely N-dealkylation sites (tertiary alicyclic amines) is 2. The maximum atomic E-state index is 4.48. The second-order valence-electron chi connectivity index (χ2n) is 11.6. The lowest BCUT2D eigenvalue weighted by Crippen LogP contribution is -2.46. The van der Waals surface area contributed by atoms with E-state index < -0.39 is 0 Å². The van der Waals surface area contributed by atoms with E-state index in [1.807, 2.05) is 48.9 Å². The Labute approximate surface area is 247 Å². The molecule has 2 bridgehead atoms. The highest BCUT2D eigenvalue weighted by Gasteiger charge is 2.41. The number of likely N-dealkylation sites (N-methyl/N-ethyl adjacent to an activating group) is 1. The minimum atomic E-state index is 0.675. The van der Waals surface area contributed by atoms with Crippen molar-refractivity contribution in [3.8, 4) is 22.3 Å². The topological polar surface area (TPSA) is 92.9 Å². The van der Waals surface area contributed by atoms with Gasteiger partial charge in [0.1, 0.15) is 0 Å². The Morgan fingerprint density at radius 2 is 1.36 bits per heavy atom. The highest BCUT2D eigenvalue weighted by molar-refractivity contribution is 7.99. The van der Waals surface area contributed by atoms with E-state index in [-0.39, 0.29) is 0 Å². The van der Waals surface area contributed by atoms with Crippen LogP contribution in [0.25, 0.3) is 44.1 Å². The standard InChI is InChI=1S/C32H29N9S/c1-39-17-22-10-21(39)18-40(22)6-7-41-29-4-2-19(23-11-33-15-27-25(23)13-35-37-27)8-31(29)42-32-9-20(3-5-30(32)41)24-12-34-16-28-26(24)14-36-38-28/h2-5,8-9,11-16,21-22H,6-7,10,17-18H2,1H3,(H,35,37)(H,36,38)/t21-,22-/m1/s1. The minimum Gasteiger partial charge on any atom is -0.338 e. The van der Waals surface area contributed by atoms with Crippen molar-refractivity contribution in [1.29, 1.82) is 0 Å². The zero-order chi connectivity index (χ0) is 27.8. The van der Waals surface area contributed by atoms with E-state index in [1.165, 1.54) is 40.7 Å². The lowest BCUT2D eigenvalue weighted by Gasteiger charge is -2.37. The molecule has 9 rings (SSSR count). The molecule has 7 heterocycles. The number of fused-ring (bicyclic) bond motifs is 6. The van der Waals surface area contributed by atoms with Crippen LogP contribution in [0.4, 0.5) is 11.4 Å². The number of aromatic nitrogens is 6. The van der Waals surface area contributed by atoms with Crippen molar-refractivity contribution in [2.45, 2.75) is 28.3 Å². The van der Waals surface area contributed by atoms with Crippen LogP contribution in [0.5, 0.6) is 0 Å². The molecule has 208 valence electrons. The van der Waals surface area contributed by atoms with Gasteiger partial charge in [-0.3, -0.25) is 25.1 Å². The molecule has 2 saturated heterocycles. The van der Waals surface area contributed by atoms with E-state index in [0.29, 0.717) is 12.1 Å². The first-order valence-electron chi connectivity index (χ1n) is 14.4. The van der Waals surface area contributed by atoms with Gasteiger partial charge in [-0.05, 0) is 48.9 Å². The Balaban J connectivity index is 1.12. The first kappa shape index (κ1) is 24.4. The van der Waals surface area contributed by atoms with E-state index >= 15 is 0 Å². The summed E-state index contributed by atoms with van der Waals surface area (Å²) >= 11 is 1.84. The average molecular weight is 572 g/mol. The average Bonchev–Trinajstić information content (AvgIpc) is 3.82. The summed E-state index contributed by atoms with van der Waals surface area (Å²) in [4.78, 5) is 19.2. The smallest absolute Gasteiger partial charge is 0.0839 e. The fraction of sp³-hybridized carbons (Fsp3) is 0.250. The van der Waals surface area contributed by atoms with Gasteiger partial charge in [0, 0.05) is 82.3 Å². The predicted octanol–water partition coefficient (Wildman–Crippen LogP) is 5.55. The summed E-state index contributed by atoms with van der Waals surface area (Å²) in [5, 5.41) is 16.8. The fourth-order valence-corrected chi connectivity index (χ4v) is 8.28. The third-order valence-electron chi connectivity index (χ3n) is 9.31. The second-order valence-corrected chi connectivity index (χ2v) is 12.7. The van der Waals surface area contributed by atoms with Crippen molar-refractivity contribution in [2.24, 2.45) is 0 Å². The first-order chi connectivity index (χ1) is 20.7. The molecule has 2 aromatic carbocycles. The highest BCUT2D eigenvalue weighted by Crippen LogP contribution is 2.50. The van der Waals surface area contributed by atoms with Crippen LogP contribution in [0.2, 0.25) is 0 Å². The number of benzene rings is 2. The molecule has 42 heavy (non-hydrogen) atoms. The van der Waals surface area contributed by atoms with Gasteiger partial charge in [-0.15, -0.1) is 0 Å². The van der Waals surface area contributed by atoms with Gasteiger partial charge in [0.05, 0.1) is 47.2 Å². The molecule has 2 atom stereocenters. The van der Waals surface area contributed by atoms with Crippen LogP contribution in [0.1, 0.15) is 6.42 Å². The van der Waals surface area contributed by atoms with E-state index in [0.717, 1.165) is 57.1 Å². The van der Waals surface area contributed by atoms with E-state index in [1.54, 1.807) is 0 Å². The molecular formula is C32H29N9S. The van der Waals surface area contributed by atoms with Gasteiger partial charge >= 0.3 is 0 Å². The van der Waals surface area contributed by atoms with Gasteiger partial charge in [-0.1, -0.05) is 23.9 Å². The quantitative estimate of drug-likeness (QED) is 0.278. The molecule has 2 fully saturated rings. The van der Waals surface area contributed by atoms with E-state index in [9.17, 15) is 0 Å². The van der Waals surface area contributed by atoms with Crippen molar-refractivity contribution < 1.29 is 0 Å². The largest absolute Gasteiger partial charge is 0.338 e. The number of hydrogen-bond acceptors (Lipinski definition) is 8. The van der Waals surface area contributed by atoms with Crippen LogP contribution in [0, 0.1) is 0 Å². The first-order valence-corrected chi connectivity index (χ1v) is 15.2. The predicted molar refractivity (Wildman–Crippen MR) is 166 cm³/mol. The molecule has 0 saturated carbocycles. The highest BCUT2D eigenvalue weighted by atomic mass is 32.2. The zero-order valence-electron chi connectivity index (χ0n) is 23.2. The summed E-state index contributed by atoms with van der Waals surface area (Å²) in [5.74, 6) is 0. The maximum absolute atomic E-state index is 4.48. The number of rotatable bonds is 5. The molecule has 10 heteroatoms. The maximum Gasteiger partial charge on any atom is 0.0839 e. The molecule has 0 aliphatic carbocycles. The van der Waals surface area contributed by atoms with E-state index in [4.69, 9.17) is 0 Å². The summed E-state index contributed by atoms with van der Waals surface area (Å²) in [6, 6.07) is 15.0.